The molecule has 0 atom stereocenters. The van der Waals surface area contributed by atoms with E-state index in [1.54, 1.807) is 18.3 Å². The number of nitrogens with one attached hydrogen (secondary N) is 2. The molecule has 100 valence electrons. The highest BCUT2D eigenvalue weighted by Crippen LogP contribution is 2.13. The molecule has 1 amide bonds. The maximum absolute atomic E-state index is 12.1. The molecule has 0 unspecified atom stereocenters. The van der Waals surface area contributed by atoms with Crippen molar-refractivity contribution in [1.82, 2.24) is 15.3 Å². The van der Waals surface area contributed by atoms with Gasteiger partial charge in [-0.15, -0.1) is 0 Å². The van der Waals surface area contributed by atoms with Gasteiger partial charge in [0.05, 0.1) is 11.7 Å². The van der Waals surface area contributed by atoms with Crippen molar-refractivity contribution < 1.29 is 4.79 Å². The lowest BCUT2D eigenvalue weighted by Crippen LogP contribution is -2.23. The van der Waals surface area contributed by atoms with Crippen LogP contribution in [0.4, 0.5) is 0 Å². The molecule has 2 N–H and O–H groups in total. The van der Waals surface area contributed by atoms with Gasteiger partial charge in [0.1, 0.15) is 5.69 Å². The van der Waals surface area contributed by atoms with Crippen LogP contribution in [0.1, 0.15) is 16.1 Å². The Morgan fingerprint density at radius 2 is 2.20 bits per heavy atom. The van der Waals surface area contributed by atoms with Crippen LogP contribution in [0.2, 0.25) is 5.02 Å². The summed E-state index contributed by atoms with van der Waals surface area (Å²) >= 11 is 5.90. The molecule has 0 spiro atoms. The maximum Gasteiger partial charge on any atom is 0.270 e. The van der Waals surface area contributed by atoms with Crippen molar-refractivity contribution in [3.05, 3.63) is 65.1 Å². The van der Waals surface area contributed by atoms with Gasteiger partial charge in [-0.3, -0.25) is 4.79 Å². The monoisotopic (exact) mass is 285 g/mol. The number of aromatic amines is 1. The molecular weight excluding hydrogens is 274 g/mol. The van der Waals surface area contributed by atoms with Crippen molar-refractivity contribution in [3.63, 3.8) is 0 Å². The molecular formula is C15H12ClN3O. The molecule has 0 saturated carbocycles. The van der Waals surface area contributed by atoms with Gasteiger partial charge in [-0.25, -0.2) is 4.98 Å². The van der Waals surface area contributed by atoms with E-state index in [2.05, 4.69) is 15.3 Å². The number of H-pyrrole nitrogens is 1. The van der Waals surface area contributed by atoms with Crippen LogP contribution in [0.5, 0.6) is 0 Å². The molecule has 0 aliphatic carbocycles. The highest BCUT2D eigenvalue weighted by atomic mass is 35.5. The minimum absolute atomic E-state index is 0.201. The van der Waals surface area contributed by atoms with E-state index < -0.39 is 0 Å². The largest absolute Gasteiger partial charge is 0.360 e. The van der Waals surface area contributed by atoms with Crippen molar-refractivity contribution in [2.24, 2.45) is 0 Å². The van der Waals surface area contributed by atoms with Crippen molar-refractivity contribution >= 4 is 28.4 Å². The van der Waals surface area contributed by atoms with Crippen molar-refractivity contribution in [3.8, 4) is 0 Å². The first kappa shape index (κ1) is 12.7. The SMILES string of the molecule is O=C(NCc1cccc(Cl)c1)c1cc2cc[nH]c2cn1. The van der Waals surface area contributed by atoms with E-state index in [-0.39, 0.29) is 5.91 Å². The topological polar surface area (TPSA) is 57.8 Å². The lowest BCUT2D eigenvalue weighted by atomic mass is 10.2. The van der Waals surface area contributed by atoms with Crippen molar-refractivity contribution in [1.29, 1.82) is 0 Å². The lowest BCUT2D eigenvalue weighted by molar-refractivity contribution is 0.0946. The van der Waals surface area contributed by atoms with E-state index in [1.807, 2.05) is 30.5 Å². The number of rotatable bonds is 3. The molecule has 2 heterocycles. The number of pyridine rings is 1. The van der Waals surface area contributed by atoms with E-state index in [0.717, 1.165) is 16.5 Å². The van der Waals surface area contributed by atoms with Gasteiger partial charge in [-0.2, -0.15) is 0 Å². The first-order valence-electron chi connectivity index (χ1n) is 6.18. The standard InChI is InChI=1S/C15H12ClN3O/c16-12-3-1-2-10(6-12)8-19-15(20)13-7-11-4-5-17-14(11)9-18-13/h1-7,9,17H,8H2,(H,19,20). The van der Waals surface area contributed by atoms with Gasteiger partial charge in [-0.1, -0.05) is 23.7 Å². The third-order valence-electron chi connectivity index (χ3n) is 3.01. The summed E-state index contributed by atoms with van der Waals surface area (Å²) in [7, 11) is 0. The second-order valence-corrected chi connectivity index (χ2v) is 4.88. The van der Waals surface area contributed by atoms with E-state index >= 15 is 0 Å². The normalized spacial score (nSPS) is 10.7. The Labute approximate surface area is 120 Å². The summed E-state index contributed by atoms with van der Waals surface area (Å²) in [5.74, 6) is -0.201. The Morgan fingerprint density at radius 3 is 3.05 bits per heavy atom. The Kier molecular flexibility index (Phi) is 3.39. The first-order chi connectivity index (χ1) is 9.72. The fourth-order valence-corrected chi connectivity index (χ4v) is 2.21. The van der Waals surface area contributed by atoms with Gasteiger partial charge in [0.2, 0.25) is 0 Å². The Hall–Kier alpha value is -2.33. The second-order valence-electron chi connectivity index (χ2n) is 4.45. The highest BCUT2D eigenvalue weighted by molar-refractivity contribution is 6.30. The maximum atomic E-state index is 12.1. The summed E-state index contributed by atoms with van der Waals surface area (Å²) in [6.45, 7) is 0.423. The molecule has 1 aromatic carbocycles. The minimum atomic E-state index is -0.201. The molecule has 3 aromatic rings. The van der Waals surface area contributed by atoms with Crippen LogP contribution in [0.3, 0.4) is 0 Å². The van der Waals surface area contributed by atoms with Crippen LogP contribution in [-0.2, 0) is 6.54 Å². The van der Waals surface area contributed by atoms with Crippen LogP contribution in [0.15, 0.2) is 48.8 Å². The van der Waals surface area contributed by atoms with Gasteiger partial charge in [0.15, 0.2) is 0 Å². The minimum Gasteiger partial charge on any atom is -0.360 e. The van der Waals surface area contributed by atoms with Gasteiger partial charge in [-0.05, 0) is 29.8 Å². The molecule has 0 aliphatic heterocycles. The first-order valence-corrected chi connectivity index (χ1v) is 6.56. The third-order valence-corrected chi connectivity index (χ3v) is 3.25. The number of hydrogen-bond donors (Lipinski definition) is 2. The molecule has 0 saturated heterocycles. The zero-order chi connectivity index (χ0) is 13.9. The average molecular weight is 286 g/mol. The fraction of sp³-hybridized carbons (Fsp3) is 0.0667. The number of halogens is 1. The number of fused-ring (bicyclic) bond motifs is 1. The smallest absolute Gasteiger partial charge is 0.270 e. The van der Waals surface area contributed by atoms with E-state index in [1.165, 1.54) is 0 Å². The average Bonchev–Trinajstić information content (AvgIpc) is 2.92. The summed E-state index contributed by atoms with van der Waals surface area (Å²) in [6, 6.07) is 11.1. The van der Waals surface area contributed by atoms with Crippen molar-refractivity contribution in [2.75, 3.05) is 0 Å². The van der Waals surface area contributed by atoms with Gasteiger partial charge in [0.25, 0.3) is 5.91 Å². The zero-order valence-electron chi connectivity index (χ0n) is 10.6. The number of benzene rings is 1. The van der Waals surface area contributed by atoms with E-state index in [0.29, 0.717) is 17.3 Å². The number of carbonyl (C=O) groups is 1. The summed E-state index contributed by atoms with van der Waals surface area (Å²) in [6.07, 6.45) is 3.48. The predicted octanol–water partition coefficient (Wildman–Crippen LogP) is 3.15. The molecule has 3 rings (SSSR count). The zero-order valence-corrected chi connectivity index (χ0v) is 11.3. The molecule has 0 bridgehead atoms. The number of aromatic nitrogens is 2. The van der Waals surface area contributed by atoms with Gasteiger partial charge in [0, 0.05) is 23.2 Å². The summed E-state index contributed by atoms with van der Waals surface area (Å²) in [5.41, 5.74) is 2.27. The fourth-order valence-electron chi connectivity index (χ4n) is 1.99. The molecule has 2 aromatic heterocycles. The molecule has 0 radical (unpaired) electrons. The van der Waals surface area contributed by atoms with Crippen LogP contribution >= 0.6 is 11.6 Å². The number of carbonyl (C=O) groups excluding carboxylic acids is 1. The van der Waals surface area contributed by atoms with Crippen LogP contribution in [0.25, 0.3) is 10.9 Å². The summed E-state index contributed by atoms with van der Waals surface area (Å²) < 4.78 is 0. The Morgan fingerprint density at radius 1 is 1.30 bits per heavy atom. The number of amides is 1. The van der Waals surface area contributed by atoms with Crippen LogP contribution in [0, 0.1) is 0 Å². The lowest BCUT2D eigenvalue weighted by Gasteiger charge is -2.05. The Balaban J connectivity index is 1.72. The van der Waals surface area contributed by atoms with Crippen LogP contribution < -0.4 is 5.32 Å². The van der Waals surface area contributed by atoms with Gasteiger partial charge < -0.3 is 10.3 Å². The molecule has 5 heteroatoms. The van der Waals surface area contributed by atoms with Crippen LogP contribution in [-0.4, -0.2) is 15.9 Å². The quantitative estimate of drug-likeness (QED) is 0.777. The molecule has 20 heavy (non-hydrogen) atoms. The van der Waals surface area contributed by atoms with E-state index in [4.69, 9.17) is 11.6 Å². The predicted molar refractivity (Wildman–Crippen MR) is 78.7 cm³/mol. The summed E-state index contributed by atoms with van der Waals surface area (Å²) in [5, 5.41) is 4.45. The molecule has 0 fully saturated rings. The summed E-state index contributed by atoms with van der Waals surface area (Å²) in [4.78, 5) is 19.2. The number of nitrogens with zero attached hydrogens (tertiary/aromatic N) is 1. The molecule has 4 nitrogen and oxygen atoms in total. The van der Waals surface area contributed by atoms with Crippen molar-refractivity contribution in [2.45, 2.75) is 6.54 Å². The van der Waals surface area contributed by atoms with E-state index in [9.17, 15) is 4.79 Å². The highest BCUT2D eigenvalue weighted by Gasteiger charge is 2.08. The second kappa shape index (κ2) is 5.35. The Bertz CT molecular complexity index is 766. The van der Waals surface area contributed by atoms with Gasteiger partial charge >= 0.3 is 0 Å². The third kappa shape index (κ3) is 2.65. The number of hydrogen-bond acceptors (Lipinski definition) is 2. The molecule has 0 aliphatic rings.